The first-order valence-corrected chi connectivity index (χ1v) is 6.05. The molecule has 1 heterocycles. The molecule has 1 aliphatic heterocycles. The van der Waals surface area contributed by atoms with E-state index in [1.54, 1.807) is 13.2 Å². The lowest BCUT2D eigenvalue weighted by Crippen LogP contribution is -2.47. The van der Waals surface area contributed by atoms with Crippen molar-refractivity contribution in [3.05, 3.63) is 24.3 Å². The molecular formula is C13H19ClN2O3. The molecule has 0 saturated carbocycles. The van der Waals surface area contributed by atoms with Crippen LogP contribution < -0.4 is 14.8 Å². The van der Waals surface area contributed by atoms with E-state index in [1.165, 1.54) is 0 Å². The smallest absolute Gasteiger partial charge is 0.260 e. The number of piperazine rings is 1. The first-order valence-electron chi connectivity index (χ1n) is 6.05. The number of carbonyl (C=O) groups excluding carboxylic acids is 1. The average molecular weight is 287 g/mol. The molecule has 106 valence electrons. The number of nitrogens with one attached hydrogen (secondary N) is 1. The lowest BCUT2D eigenvalue weighted by atomic mass is 10.3. The van der Waals surface area contributed by atoms with E-state index < -0.39 is 0 Å². The Bertz CT molecular complexity index is 409. The standard InChI is InChI=1S/C13H18N2O3.ClH/c1-17-11-3-2-4-12(9-11)18-10-13(16)15-7-5-14-6-8-15;/h2-4,9,14H,5-8,10H2,1H3;1H. The number of hydrogen-bond donors (Lipinski definition) is 1. The molecule has 0 spiro atoms. The van der Waals surface area contributed by atoms with Gasteiger partial charge in [0.05, 0.1) is 7.11 Å². The van der Waals surface area contributed by atoms with Crippen molar-refractivity contribution >= 4 is 18.3 Å². The minimum Gasteiger partial charge on any atom is -0.497 e. The molecule has 1 amide bonds. The van der Waals surface area contributed by atoms with Gasteiger partial charge in [-0.1, -0.05) is 6.07 Å². The molecule has 1 aliphatic rings. The fourth-order valence-electron chi connectivity index (χ4n) is 1.84. The van der Waals surface area contributed by atoms with Crippen LogP contribution in [-0.2, 0) is 4.79 Å². The van der Waals surface area contributed by atoms with Crippen LogP contribution in [-0.4, -0.2) is 50.7 Å². The van der Waals surface area contributed by atoms with Crippen molar-refractivity contribution in [2.45, 2.75) is 0 Å². The molecule has 2 rings (SSSR count). The summed E-state index contributed by atoms with van der Waals surface area (Å²) in [7, 11) is 1.60. The maximum Gasteiger partial charge on any atom is 0.260 e. The second kappa shape index (κ2) is 7.86. The van der Waals surface area contributed by atoms with Gasteiger partial charge in [0.25, 0.3) is 5.91 Å². The third-order valence-corrected chi connectivity index (χ3v) is 2.87. The maximum atomic E-state index is 11.9. The molecule has 0 bridgehead atoms. The Hall–Kier alpha value is -1.46. The van der Waals surface area contributed by atoms with Gasteiger partial charge in [-0.15, -0.1) is 12.4 Å². The van der Waals surface area contributed by atoms with Gasteiger partial charge in [0.15, 0.2) is 6.61 Å². The first-order chi connectivity index (χ1) is 8.79. The minimum atomic E-state index is 0. The summed E-state index contributed by atoms with van der Waals surface area (Å²) in [6.45, 7) is 3.28. The molecule has 1 saturated heterocycles. The summed E-state index contributed by atoms with van der Waals surface area (Å²) >= 11 is 0. The van der Waals surface area contributed by atoms with E-state index in [2.05, 4.69) is 5.32 Å². The van der Waals surface area contributed by atoms with E-state index >= 15 is 0 Å². The molecule has 0 aromatic heterocycles. The highest BCUT2D eigenvalue weighted by molar-refractivity contribution is 5.85. The van der Waals surface area contributed by atoms with Crippen LogP contribution in [0, 0.1) is 0 Å². The Kier molecular flexibility index (Phi) is 6.45. The SMILES string of the molecule is COc1cccc(OCC(=O)N2CCNCC2)c1.Cl. The Morgan fingerprint density at radius 1 is 1.32 bits per heavy atom. The van der Waals surface area contributed by atoms with Crippen molar-refractivity contribution in [3.63, 3.8) is 0 Å². The Morgan fingerprint density at radius 2 is 2.00 bits per heavy atom. The van der Waals surface area contributed by atoms with Gasteiger partial charge in [0.2, 0.25) is 0 Å². The molecule has 1 aromatic carbocycles. The number of hydrogen-bond acceptors (Lipinski definition) is 4. The second-order valence-corrected chi connectivity index (χ2v) is 4.10. The minimum absolute atomic E-state index is 0. The summed E-state index contributed by atoms with van der Waals surface area (Å²) < 4.78 is 10.6. The molecule has 0 atom stereocenters. The van der Waals surface area contributed by atoms with Crippen molar-refractivity contribution in [1.29, 1.82) is 0 Å². The summed E-state index contributed by atoms with van der Waals surface area (Å²) in [5.41, 5.74) is 0. The molecule has 1 aromatic rings. The summed E-state index contributed by atoms with van der Waals surface area (Å²) in [5.74, 6) is 1.40. The van der Waals surface area contributed by atoms with Gasteiger partial charge < -0.3 is 19.7 Å². The number of benzene rings is 1. The van der Waals surface area contributed by atoms with Crippen LogP contribution >= 0.6 is 12.4 Å². The van der Waals surface area contributed by atoms with Crippen molar-refractivity contribution in [2.24, 2.45) is 0 Å². The van der Waals surface area contributed by atoms with E-state index in [0.717, 1.165) is 31.9 Å². The molecule has 6 heteroatoms. The van der Waals surface area contributed by atoms with Gasteiger partial charge in [-0.2, -0.15) is 0 Å². The highest BCUT2D eigenvalue weighted by Gasteiger charge is 2.16. The lowest BCUT2D eigenvalue weighted by Gasteiger charge is -2.27. The molecule has 0 radical (unpaired) electrons. The van der Waals surface area contributed by atoms with Gasteiger partial charge >= 0.3 is 0 Å². The summed E-state index contributed by atoms with van der Waals surface area (Å²) in [5, 5.41) is 3.21. The predicted octanol–water partition coefficient (Wildman–Crippen LogP) is 0.928. The summed E-state index contributed by atoms with van der Waals surface area (Å²) in [6, 6.07) is 7.26. The topological polar surface area (TPSA) is 50.8 Å². The molecule has 0 aliphatic carbocycles. The number of carbonyl (C=O) groups is 1. The number of halogens is 1. The third-order valence-electron chi connectivity index (χ3n) is 2.87. The van der Waals surface area contributed by atoms with Crippen LogP contribution in [0.2, 0.25) is 0 Å². The van der Waals surface area contributed by atoms with Crippen LogP contribution in [0.3, 0.4) is 0 Å². The van der Waals surface area contributed by atoms with E-state index in [0.29, 0.717) is 5.75 Å². The quantitative estimate of drug-likeness (QED) is 0.895. The van der Waals surface area contributed by atoms with Crippen LogP contribution in [0.1, 0.15) is 0 Å². The van der Waals surface area contributed by atoms with E-state index in [4.69, 9.17) is 9.47 Å². The Balaban J connectivity index is 0.00000180. The maximum absolute atomic E-state index is 11.9. The number of nitrogens with zero attached hydrogens (tertiary/aromatic N) is 1. The molecule has 5 nitrogen and oxygen atoms in total. The molecule has 0 unspecified atom stereocenters. The highest BCUT2D eigenvalue weighted by atomic mass is 35.5. The van der Waals surface area contributed by atoms with Crippen molar-refractivity contribution in [2.75, 3.05) is 39.9 Å². The molecule has 1 N–H and O–H groups in total. The second-order valence-electron chi connectivity index (χ2n) is 4.10. The van der Waals surface area contributed by atoms with Gasteiger partial charge in [-0.3, -0.25) is 4.79 Å². The Labute approximate surface area is 119 Å². The van der Waals surface area contributed by atoms with E-state index in [1.807, 2.05) is 23.1 Å². The van der Waals surface area contributed by atoms with Gasteiger partial charge in [0, 0.05) is 32.2 Å². The van der Waals surface area contributed by atoms with Crippen LogP contribution in [0.4, 0.5) is 0 Å². The van der Waals surface area contributed by atoms with E-state index in [-0.39, 0.29) is 24.9 Å². The number of ether oxygens (including phenoxy) is 2. The van der Waals surface area contributed by atoms with Crippen LogP contribution in [0.15, 0.2) is 24.3 Å². The number of amides is 1. The zero-order valence-corrected chi connectivity index (χ0v) is 11.7. The Morgan fingerprint density at radius 3 is 2.68 bits per heavy atom. The largest absolute Gasteiger partial charge is 0.497 e. The van der Waals surface area contributed by atoms with Gasteiger partial charge in [0.1, 0.15) is 11.5 Å². The van der Waals surface area contributed by atoms with Gasteiger partial charge in [-0.25, -0.2) is 0 Å². The number of methoxy groups -OCH3 is 1. The van der Waals surface area contributed by atoms with Crippen LogP contribution in [0.5, 0.6) is 11.5 Å². The highest BCUT2D eigenvalue weighted by Crippen LogP contribution is 2.18. The van der Waals surface area contributed by atoms with Crippen LogP contribution in [0.25, 0.3) is 0 Å². The summed E-state index contributed by atoms with van der Waals surface area (Å²) in [6.07, 6.45) is 0. The molecule has 1 fully saturated rings. The third kappa shape index (κ3) is 4.61. The van der Waals surface area contributed by atoms with Gasteiger partial charge in [-0.05, 0) is 12.1 Å². The number of rotatable bonds is 4. The van der Waals surface area contributed by atoms with Crippen molar-refractivity contribution in [3.8, 4) is 11.5 Å². The normalized spacial score (nSPS) is 14.5. The molecule has 19 heavy (non-hydrogen) atoms. The van der Waals surface area contributed by atoms with Crippen molar-refractivity contribution in [1.82, 2.24) is 10.2 Å². The zero-order chi connectivity index (χ0) is 12.8. The summed E-state index contributed by atoms with van der Waals surface area (Å²) in [4.78, 5) is 13.7. The zero-order valence-electron chi connectivity index (χ0n) is 10.9. The predicted molar refractivity (Wildman–Crippen MR) is 75.2 cm³/mol. The monoisotopic (exact) mass is 286 g/mol. The fourth-order valence-corrected chi connectivity index (χ4v) is 1.84. The average Bonchev–Trinajstić information content (AvgIpc) is 2.46. The van der Waals surface area contributed by atoms with E-state index in [9.17, 15) is 4.79 Å². The van der Waals surface area contributed by atoms with Crippen molar-refractivity contribution < 1.29 is 14.3 Å². The lowest BCUT2D eigenvalue weighted by molar-refractivity contribution is -0.133. The fraction of sp³-hybridized carbons (Fsp3) is 0.462. The molecular weight excluding hydrogens is 268 g/mol. The first kappa shape index (κ1) is 15.6.